The summed E-state index contributed by atoms with van der Waals surface area (Å²) in [4.78, 5) is 21.8. The fourth-order valence-electron chi connectivity index (χ4n) is 3.79. The number of rotatable bonds is 3. The summed E-state index contributed by atoms with van der Waals surface area (Å²) in [6.07, 6.45) is 6.06. The van der Waals surface area contributed by atoms with Crippen LogP contribution in [0, 0.1) is 17.1 Å². The molecule has 0 amide bonds. The maximum absolute atomic E-state index is 14.4. The Hall–Kier alpha value is -3.86. The fourth-order valence-corrected chi connectivity index (χ4v) is 3.79. The summed E-state index contributed by atoms with van der Waals surface area (Å²) in [7, 11) is 1.58. The van der Waals surface area contributed by atoms with Gasteiger partial charge in [0.1, 0.15) is 30.0 Å². The molecule has 0 bridgehead atoms. The number of nitriles is 1. The SMILES string of the molecule is C/C=C(\C=N/C)n1c2c(cc(C3=C(C#N)C(F)CC=C3)c1=O)-c1ncc(F)cc1OC2. The third-order valence-corrected chi connectivity index (χ3v) is 5.20. The molecular weight excluding hydrogens is 402 g/mol. The lowest BCUT2D eigenvalue weighted by Crippen LogP contribution is -2.30. The molecule has 4 rings (SSSR count). The molecule has 8 heteroatoms. The average molecular weight is 420 g/mol. The highest BCUT2D eigenvalue weighted by Crippen LogP contribution is 2.38. The van der Waals surface area contributed by atoms with Crippen LogP contribution in [0.5, 0.6) is 5.75 Å². The monoisotopic (exact) mass is 420 g/mol. The maximum Gasteiger partial charge on any atom is 0.263 e. The highest BCUT2D eigenvalue weighted by atomic mass is 19.1. The number of ether oxygens (including phenoxy) is 1. The van der Waals surface area contributed by atoms with Crippen LogP contribution in [0.15, 0.2) is 51.9 Å². The van der Waals surface area contributed by atoms with Crippen molar-refractivity contribution >= 4 is 17.5 Å². The molecule has 2 aromatic rings. The molecule has 0 radical (unpaired) electrons. The second kappa shape index (κ2) is 8.11. The summed E-state index contributed by atoms with van der Waals surface area (Å²) in [6, 6.07) is 4.70. The van der Waals surface area contributed by atoms with Gasteiger partial charge in [0, 0.05) is 42.4 Å². The molecule has 0 fully saturated rings. The van der Waals surface area contributed by atoms with Gasteiger partial charge in [-0.25, -0.2) is 13.8 Å². The Morgan fingerprint density at radius 2 is 2.23 bits per heavy atom. The Bertz CT molecular complexity index is 1300. The van der Waals surface area contributed by atoms with Crippen LogP contribution < -0.4 is 10.3 Å². The number of allylic oxidation sites excluding steroid dienone is 6. The number of aromatic nitrogens is 2. The van der Waals surface area contributed by atoms with Gasteiger partial charge in [0.2, 0.25) is 0 Å². The van der Waals surface area contributed by atoms with Crippen LogP contribution >= 0.6 is 0 Å². The number of nitrogens with zero attached hydrogens (tertiary/aromatic N) is 4. The lowest BCUT2D eigenvalue weighted by Gasteiger charge is -2.25. The van der Waals surface area contributed by atoms with Gasteiger partial charge in [-0.15, -0.1) is 0 Å². The molecule has 0 saturated carbocycles. The summed E-state index contributed by atoms with van der Waals surface area (Å²) in [5.74, 6) is -0.306. The van der Waals surface area contributed by atoms with E-state index in [9.17, 15) is 18.8 Å². The summed E-state index contributed by atoms with van der Waals surface area (Å²) in [5.41, 5.74) is 1.72. The molecule has 31 heavy (non-hydrogen) atoms. The third kappa shape index (κ3) is 3.38. The van der Waals surface area contributed by atoms with Crippen LogP contribution in [0.25, 0.3) is 22.5 Å². The Balaban J connectivity index is 2.11. The summed E-state index contributed by atoms with van der Waals surface area (Å²) < 4.78 is 35.2. The number of aliphatic imine (C=N–C) groups is 1. The summed E-state index contributed by atoms with van der Waals surface area (Å²) in [6.45, 7) is 1.76. The molecule has 0 saturated heterocycles. The van der Waals surface area contributed by atoms with Crippen molar-refractivity contribution in [3.63, 3.8) is 0 Å². The van der Waals surface area contributed by atoms with E-state index in [1.165, 1.54) is 16.8 Å². The molecular formula is C23H18F2N4O2. The normalized spacial score (nSPS) is 17.9. The van der Waals surface area contributed by atoms with Crippen molar-refractivity contribution in [1.29, 1.82) is 5.26 Å². The molecule has 1 unspecified atom stereocenters. The molecule has 2 aliphatic rings. The zero-order chi connectivity index (χ0) is 22.1. The number of hydrogen-bond acceptors (Lipinski definition) is 5. The van der Waals surface area contributed by atoms with Crippen LogP contribution in [0.1, 0.15) is 24.6 Å². The number of hydrogen-bond donors (Lipinski definition) is 0. The van der Waals surface area contributed by atoms with Crippen molar-refractivity contribution in [3.05, 3.63) is 69.6 Å². The number of halogens is 2. The van der Waals surface area contributed by atoms with Crippen molar-refractivity contribution in [2.45, 2.75) is 26.1 Å². The van der Waals surface area contributed by atoms with Gasteiger partial charge in [0.05, 0.1) is 29.2 Å². The predicted molar refractivity (Wildman–Crippen MR) is 114 cm³/mol. The molecule has 0 spiro atoms. The van der Waals surface area contributed by atoms with E-state index >= 15 is 0 Å². The van der Waals surface area contributed by atoms with E-state index in [0.29, 0.717) is 22.6 Å². The molecule has 3 heterocycles. The zero-order valence-corrected chi connectivity index (χ0v) is 16.9. The lowest BCUT2D eigenvalue weighted by molar-refractivity contribution is 0.290. The first kappa shape index (κ1) is 20.4. The van der Waals surface area contributed by atoms with Crippen LogP contribution in [-0.2, 0) is 6.61 Å². The van der Waals surface area contributed by atoms with E-state index in [4.69, 9.17) is 4.74 Å². The van der Waals surface area contributed by atoms with Crippen molar-refractivity contribution in [1.82, 2.24) is 9.55 Å². The molecule has 6 nitrogen and oxygen atoms in total. The number of fused-ring (bicyclic) bond motifs is 3. The summed E-state index contributed by atoms with van der Waals surface area (Å²) in [5, 5.41) is 9.52. The first-order valence-electron chi connectivity index (χ1n) is 9.61. The first-order valence-corrected chi connectivity index (χ1v) is 9.61. The Morgan fingerprint density at radius 3 is 2.94 bits per heavy atom. The van der Waals surface area contributed by atoms with E-state index in [1.807, 2.05) is 6.07 Å². The molecule has 156 valence electrons. The van der Waals surface area contributed by atoms with Crippen molar-refractivity contribution in [2.24, 2.45) is 4.99 Å². The van der Waals surface area contributed by atoms with Gasteiger partial charge < -0.3 is 4.74 Å². The van der Waals surface area contributed by atoms with Crippen molar-refractivity contribution in [3.8, 4) is 23.1 Å². The summed E-state index contributed by atoms with van der Waals surface area (Å²) >= 11 is 0. The van der Waals surface area contributed by atoms with Crippen molar-refractivity contribution in [2.75, 3.05) is 7.05 Å². The van der Waals surface area contributed by atoms with E-state index in [2.05, 4.69) is 9.98 Å². The highest BCUT2D eigenvalue weighted by Gasteiger charge is 2.29. The van der Waals surface area contributed by atoms with E-state index in [-0.39, 0.29) is 35.5 Å². The number of pyridine rings is 2. The molecule has 2 aromatic heterocycles. The minimum Gasteiger partial charge on any atom is -0.485 e. The van der Waals surface area contributed by atoms with Crippen LogP contribution in [0.4, 0.5) is 8.78 Å². The number of alkyl halides is 1. The zero-order valence-electron chi connectivity index (χ0n) is 16.9. The minimum atomic E-state index is -1.49. The second-order valence-corrected chi connectivity index (χ2v) is 6.99. The smallest absolute Gasteiger partial charge is 0.263 e. The van der Waals surface area contributed by atoms with Crippen LogP contribution in [0.3, 0.4) is 0 Å². The minimum absolute atomic E-state index is 0.00358. The van der Waals surface area contributed by atoms with Gasteiger partial charge in [-0.1, -0.05) is 18.2 Å². The first-order chi connectivity index (χ1) is 15.0. The predicted octanol–water partition coefficient (Wildman–Crippen LogP) is 4.08. The van der Waals surface area contributed by atoms with Gasteiger partial charge in [0.25, 0.3) is 5.56 Å². The maximum atomic E-state index is 14.4. The topological polar surface area (TPSA) is 80.3 Å². The second-order valence-electron chi connectivity index (χ2n) is 6.99. The van der Waals surface area contributed by atoms with Gasteiger partial charge in [-0.2, -0.15) is 5.26 Å². The third-order valence-electron chi connectivity index (χ3n) is 5.20. The Kier molecular flexibility index (Phi) is 5.34. The largest absolute Gasteiger partial charge is 0.485 e. The van der Waals surface area contributed by atoms with Gasteiger partial charge in [0.15, 0.2) is 0 Å². The Labute approximate surface area is 177 Å². The van der Waals surface area contributed by atoms with Gasteiger partial charge >= 0.3 is 0 Å². The quantitative estimate of drug-likeness (QED) is 0.701. The fraction of sp³-hybridized carbons (Fsp3) is 0.217. The van der Waals surface area contributed by atoms with Crippen molar-refractivity contribution < 1.29 is 13.5 Å². The van der Waals surface area contributed by atoms with Gasteiger partial charge in [-0.05, 0) is 13.0 Å². The van der Waals surface area contributed by atoms with E-state index < -0.39 is 17.5 Å². The molecule has 1 atom stereocenters. The molecule has 1 aliphatic carbocycles. The molecule has 1 aliphatic heterocycles. The highest BCUT2D eigenvalue weighted by molar-refractivity contribution is 6.03. The Morgan fingerprint density at radius 1 is 1.42 bits per heavy atom. The lowest BCUT2D eigenvalue weighted by atomic mass is 9.90. The standard InChI is InChI=1S/C23H18F2N4O2/c1-3-14(11-27-2)29-20-12-31-21-7-13(24)10-28-22(21)17(20)8-16(23(29)30)15-5-4-6-19(25)18(15)9-26/h3-5,7-8,10-11,19H,6,12H2,1-2H3/b14-3+,27-11-. The van der Waals surface area contributed by atoms with E-state index in [1.54, 1.807) is 38.3 Å². The average Bonchev–Trinajstić information content (AvgIpc) is 2.77. The van der Waals surface area contributed by atoms with Crippen LogP contribution in [0.2, 0.25) is 0 Å². The van der Waals surface area contributed by atoms with E-state index in [0.717, 1.165) is 6.20 Å². The van der Waals surface area contributed by atoms with Crippen LogP contribution in [-0.4, -0.2) is 29.0 Å². The molecule has 0 aromatic carbocycles. The molecule has 0 N–H and O–H groups in total. The van der Waals surface area contributed by atoms with Gasteiger partial charge in [-0.3, -0.25) is 14.4 Å².